The van der Waals surface area contributed by atoms with Crippen LogP contribution < -0.4 is 5.32 Å². The van der Waals surface area contributed by atoms with Gasteiger partial charge in [0.2, 0.25) is 0 Å². The minimum atomic E-state index is 1.04. The lowest BCUT2D eigenvalue weighted by molar-refractivity contribution is 1.14. The summed E-state index contributed by atoms with van der Waals surface area (Å²) in [4.78, 5) is 0. The molecule has 1 N–H and O–H groups in total. The number of hydrogen-bond donors (Lipinski definition) is 1. The van der Waals surface area contributed by atoms with Gasteiger partial charge in [-0.15, -0.1) is 0 Å². The van der Waals surface area contributed by atoms with Crippen molar-refractivity contribution >= 4 is 34.0 Å². The molecule has 0 aliphatic carbocycles. The summed E-state index contributed by atoms with van der Waals surface area (Å²) in [7, 11) is 0. The van der Waals surface area contributed by atoms with Gasteiger partial charge in [0.05, 0.1) is 0 Å². The number of halogens is 1. The number of rotatable bonds is 0. The molecule has 0 aromatic heterocycles. The largest absolute Gasteiger partial charge is 0.355 e. The molecule has 1 heterocycles. The molecule has 0 saturated carbocycles. The predicted molar refractivity (Wildman–Crippen MR) is 76.4 cm³/mol. The van der Waals surface area contributed by atoms with Crippen LogP contribution in [0.5, 0.6) is 0 Å². The van der Waals surface area contributed by atoms with Crippen molar-refractivity contribution in [2.75, 3.05) is 5.32 Å². The summed E-state index contributed by atoms with van der Waals surface area (Å²) in [6, 6.07) is 13.1. The van der Waals surface area contributed by atoms with Gasteiger partial charge in [-0.05, 0) is 64.4 Å². The number of anilines is 2. The zero-order valence-electron chi connectivity index (χ0n) is 9.05. The van der Waals surface area contributed by atoms with Gasteiger partial charge in [-0.2, -0.15) is 0 Å². The van der Waals surface area contributed by atoms with Gasteiger partial charge in [0.1, 0.15) is 0 Å². The van der Waals surface area contributed by atoms with E-state index in [0.29, 0.717) is 0 Å². The lowest BCUT2D eigenvalue weighted by atomic mass is 9.95. The maximum absolute atomic E-state index is 3.53. The standard InChI is InChI=1S/C14H12IN/c1-9-3-2-4-10-7-11-8-12(15)5-6-13(11)16-14(9)10/h2-6,8,16H,7H2,1H3. The number of para-hydroxylation sites is 1. The highest BCUT2D eigenvalue weighted by Gasteiger charge is 2.15. The number of fused-ring (bicyclic) bond motifs is 2. The van der Waals surface area contributed by atoms with Crippen LogP contribution in [0.2, 0.25) is 0 Å². The Kier molecular flexibility index (Phi) is 2.39. The van der Waals surface area contributed by atoms with Crippen LogP contribution in [0.1, 0.15) is 16.7 Å². The van der Waals surface area contributed by atoms with Gasteiger partial charge in [-0.25, -0.2) is 0 Å². The fraction of sp³-hybridized carbons (Fsp3) is 0.143. The smallest absolute Gasteiger partial charge is 0.0449 e. The van der Waals surface area contributed by atoms with E-state index in [4.69, 9.17) is 0 Å². The maximum atomic E-state index is 3.53. The minimum absolute atomic E-state index is 1.04. The van der Waals surface area contributed by atoms with Crippen molar-refractivity contribution in [3.05, 3.63) is 56.7 Å². The molecule has 1 aliphatic rings. The first-order valence-corrected chi connectivity index (χ1v) is 6.46. The van der Waals surface area contributed by atoms with Crippen LogP contribution in [0.3, 0.4) is 0 Å². The van der Waals surface area contributed by atoms with E-state index in [9.17, 15) is 0 Å². The van der Waals surface area contributed by atoms with Crippen molar-refractivity contribution in [1.29, 1.82) is 0 Å². The molecule has 0 fully saturated rings. The molecule has 0 unspecified atom stereocenters. The van der Waals surface area contributed by atoms with Crippen molar-refractivity contribution in [3.63, 3.8) is 0 Å². The van der Waals surface area contributed by atoms with Crippen LogP contribution in [0, 0.1) is 10.5 Å². The van der Waals surface area contributed by atoms with Crippen molar-refractivity contribution in [1.82, 2.24) is 0 Å². The maximum Gasteiger partial charge on any atom is 0.0449 e. The Labute approximate surface area is 109 Å². The molecule has 16 heavy (non-hydrogen) atoms. The zero-order valence-corrected chi connectivity index (χ0v) is 11.2. The summed E-state index contributed by atoms with van der Waals surface area (Å²) in [5.41, 5.74) is 6.65. The first-order chi connectivity index (χ1) is 7.74. The molecule has 0 atom stereocenters. The van der Waals surface area contributed by atoms with Crippen molar-refractivity contribution in [2.24, 2.45) is 0 Å². The van der Waals surface area contributed by atoms with E-state index >= 15 is 0 Å². The molecular formula is C14H12IN. The summed E-state index contributed by atoms with van der Waals surface area (Å²) >= 11 is 2.36. The van der Waals surface area contributed by atoms with Crippen LogP contribution >= 0.6 is 22.6 Å². The molecule has 3 rings (SSSR count). The van der Waals surface area contributed by atoms with Crippen molar-refractivity contribution in [2.45, 2.75) is 13.3 Å². The first-order valence-electron chi connectivity index (χ1n) is 5.38. The van der Waals surface area contributed by atoms with E-state index in [2.05, 4.69) is 71.2 Å². The minimum Gasteiger partial charge on any atom is -0.355 e. The lowest BCUT2D eigenvalue weighted by Crippen LogP contribution is -2.08. The molecule has 1 nitrogen and oxygen atoms in total. The molecule has 2 heteroatoms. The van der Waals surface area contributed by atoms with Gasteiger partial charge in [0.25, 0.3) is 0 Å². The number of benzene rings is 2. The number of hydrogen-bond acceptors (Lipinski definition) is 1. The number of aryl methyl sites for hydroxylation is 1. The van der Waals surface area contributed by atoms with Gasteiger partial charge in [0.15, 0.2) is 0 Å². The first kappa shape index (κ1) is 10.1. The third-order valence-electron chi connectivity index (χ3n) is 3.07. The van der Waals surface area contributed by atoms with Crippen molar-refractivity contribution in [3.8, 4) is 0 Å². The van der Waals surface area contributed by atoms with E-state index in [-0.39, 0.29) is 0 Å². The molecule has 0 spiro atoms. The Morgan fingerprint density at radius 2 is 2.00 bits per heavy atom. The van der Waals surface area contributed by atoms with Gasteiger partial charge in [0, 0.05) is 21.4 Å². The normalized spacial score (nSPS) is 12.6. The highest BCUT2D eigenvalue weighted by Crippen LogP contribution is 2.35. The summed E-state index contributed by atoms with van der Waals surface area (Å²) in [5.74, 6) is 0. The van der Waals surface area contributed by atoms with Crippen molar-refractivity contribution < 1.29 is 0 Å². The predicted octanol–water partition coefficient (Wildman–Crippen LogP) is 4.25. The molecule has 0 radical (unpaired) electrons. The quantitative estimate of drug-likeness (QED) is 0.611. The fourth-order valence-electron chi connectivity index (χ4n) is 2.23. The summed E-state index contributed by atoms with van der Waals surface area (Å²) in [6.45, 7) is 2.16. The molecule has 80 valence electrons. The summed E-state index contributed by atoms with van der Waals surface area (Å²) in [6.07, 6.45) is 1.04. The Bertz CT molecular complexity index is 561. The van der Waals surface area contributed by atoms with E-state index in [1.807, 2.05) is 0 Å². The van der Waals surface area contributed by atoms with E-state index in [1.54, 1.807) is 0 Å². The molecule has 2 aromatic rings. The van der Waals surface area contributed by atoms with Crippen LogP contribution in [0.4, 0.5) is 11.4 Å². The SMILES string of the molecule is Cc1cccc2c1Nc1ccc(I)cc1C2. The lowest BCUT2D eigenvalue weighted by Gasteiger charge is -2.23. The topological polar surface area (TPSA) is 12.0 Å². The highest BCUT2D eigenvalue weighted by molar-refractivity contribution is 14.1. The molecule has 0 amide bonds. The Balaban J connectivity index is 2.13. The number of nitrogens with one attached hydrogen (secondary N) is 1. The Morgan fingerprint density at radius 1 is 1.12 bits per heavy atom. The van der Waals surface area contributed by atoms with Crippen LogP contribution in [-0.2, 0) is 6.42 Å². The van der Waals surface area contributed by atoms with Crippen LogP contribution in [0.15, 0.2) is 36.4 Å². The van der Waals surface area contributed by atoms with E-state index in [1.165, 1.54) is 31.6 Å². The molecule has 0 saturated heterocycles. The van der Waals surface area contributed by atoms with Gasteiger partial charge in [-0.1, -0.05) is 18.2 Å². The second kappa shape index (κ2) is 3.77. The molecule has 2 aromatic carbocycles. The fourth-order valence-corrected chi connectivity index (χ4v) is 2.78. The Hall–Kier alpha value is -1.03. The van der Waals surface area contributed by atoms with E-state index in [0.717, 1.165) is 6.42 Å². The molecule has 0 bridgehead atoms. The molecule has 1 aliphatic heterocycles. The average Bonchev–Trinajstić information content (AvgIpc) is 2.27. The third-order valence-corrected chi connectivity index (χ3v) is 3.74. The monoisotopic (exact) mass is 321 g/mol. The van der Waals surface area contributed by atoms with Gasteiger partial charge in [-0.3, -0.25) is 0 Å². The highest BCUT2D eigenvalue weighted by atomic mass is 127. The van der Waals surface area contributed by atoms with Gasteiger partial charge >= 0.3 is 0 Å². The Morgan fingerprint density at radius 3 is 2.88 bits per heavy atom. The average molecular weight is 321 g/mol. The second-order valence-electron chi connectivity index (χ2n) is 4.21. The summed E-state index contributed by atoms with van der Waals surface area (Å²) < 4.78 is 1.30. The molecular weight excluding hydrogens is 309 g/mol. The van der Waals surface area contributed by atoms with Crippen LogP contribution in [-0.4, -0.2) is 0 Å². The zero-order chi connectivity index (χ0) is 11.1. The third kappa shape index (κ3) is 1.61. The van der Waals surface area contributed by atoms with Crippen LogP contribution in [0.25, 0.3) is 0 Å². The van der Waals surface area contributed by atoms with E-state index < -0.39 is 0 Å². The summed E-state index contributed by atoms with van der Waals surface area (Å²) in [5, 5.41) is 3.53. The van der Waals surface area contributed by atoms with Gasteiger partial charge < -0.3 is 5.32 Å². The second-order valence-corrected chi connectivity index (χ2v) is 5.46.